The molecule has 0 atom stereocenters. The van der Waals surface area contributed by atoms with E-state index in [1.165, 1.54) is 5.56 Å². The molecule has 0 saturated carbocycles. The molecule has 0 aromatic heterocycles. The zero-order valence-corrected chi connectivity index (χ0v) is 16.8. The second-order valence-electron chi connectivity index (χ2n) is 5.80. The maximum atomic E-state index is 11.8. The number of halogens is 1. The highest BCUT2D eigenvalue weighted by Crippen LogP contribution is 2.13. The van der Waals surface area contributed by atoms with Crippen molar-refractivity contribution < 1.29 is 19.1 Å². The van der Waals surface area contributed by atoms with Crippen molar-refractivity contribution in [3.05, 3.63) is 63.2 Å². The summed E-state index contributed by atoms with van der Waals surface area (Å²) in [7, 11) is 0. The molecule has 26 heavy (non-hydrogen) atoms. The summed E-state index contributed by atoms with van der Waals surface area (Å²) in [6, 6.07) is 15.5. The van der Waals surface area contributed by atoms with Gasteiger partial charge in [-0.15, -0.1) is 0 Å². The van der Waals surface area contributed by atoms with E-state index in [-0.39, 0.29) is 19.1 Å². The van der Waals surface area contributed by atoms with Crippen LogP contribution in [0.2, 0.25) is 0 Å². The number of aryl methyl sites for hydroxylation is 2. The lowest BCUT2D eigenvalue weighted by Gasteiger charge is -2.08. The number of benzene rings is 2. The predicted molar refractivity (Wildman–Crippen MR) is 108 cm³/mol. The highest BCUT2D eigenvalue weighted by Gasteiger charge is 2.06. The number of hydrogen-bond donors (Lipinski definition) is 1. The molecule has 0 aliphatic rings. The molecular weight excluding hydrogens is 445 g/mol. The average Bonchev–Trinajstić information content (AvgIpc) is 2.64. The lowest BCUT2D eigenvalue weighted by atomic mass is 10.1. The highest BCUT2D eigenvalue weighted by atomic mass is 127. The second kappa shape index (κ2) is 10.8. The number of rotatable bonds is 9. The topological polar surface area (TPSA) is 64.6 Å². The monoisotopic (exact) mass is 467 g/mol. The Labute approximate surface area is 167 Å². The first-order chi connectivity index (χ1) is 12.5. The Morgan fingerprint density at radius 3 is 2.42 bits per heavy atom. The van der Waals surface area contributed by atoms with Crippen molar-refractivity contribution in [2.75, 3.05) is 19.8 Å². The molecule has 0 unspecified atom stereocenters. The number of carbonyl (C=O) groups is 2. The molecule has 0 aliphatic heterocycles. The smallest absolute Gasteiger partial charge is 0.344 e. The Morgan fingerprint density at radius 1 is 1.04 bits per heavy atom. The van der Waals surface area contributed by atoms with Gasteiger partial charge in [0.25, 0.3) is 0 Å². The van der Waals surface area contributed by atoms with E-state index in [0.29, 0.717) is 25.1 Å². The van der Waals surface area contributed by atoms with Crippen LogP contribution in [0.1, 0.15) is 17.5 Å². The molecule has 6 heteroatoms. The molecule has 0 aliphatic carbocycles. The van der Waals surface area contributed by atoms with Crippen LogP contribution in [0.15, 0.2) is 48.5 Å². The van der Waals surface area contributed by atoms with Crippen LogP contribution in [0.25, 0.3) is 0 Å². The zero-order valence-electron chi connectivity index (χ0n) is 14.7. The Hall–Kier alpha value is -2.09. The Bertz CT molecular complexity index is 650. The SMILES string of the molecule is Cc1ccc(CCC(=O)NCCOC(=O)COc2ccc(I)cc2)cc1. The fourth-order valence-corrected chi connectivity index (χ4v) is 2.53. The van der Waals surface area contributed by atoms with Gasteiger partial charge in [0.05, 0.1) is 6.54 Å². The van der Waals surface area contributed by atoms with Gasteiger partial charge in [-0.3, -0.25) is 4.79 Å². The molecule has 138 valence electrons. The molecule has 2 aromatic carbocycles. The van der Waals surface area contributed by atoms with Crippen LogP contribution in [-0.2, 0) is 20.7 Å². The van der Waals surface area contributed by atoms with Crippen molar-refractivity contribution >= 4 is 34.5 Å². The van der Waals surface area contributed by atoms with Crippen LogP contribution in [0.5, 0.6) is 5.75 Å². The summed E-state index contributed by atoms with van der Waals surface area (Å²) in [5.41, 5.74) is 2.33. The predicted octanol–water partition coefficient (Wildman–Crippen LogP) is 3.27. The summed E-state index contributed by atoms with van der Waals surface area (Å²) >= 11 is 2.19. The van der Waals surface area contributed by atoms with E-state index in [9.17, 15) is 9.59 Å². The van der Waals surface area contributed by atoms with Gasteiger partial charge in [0, 0.05) is 9.99 Å². The fourth-order valence-electron chi connectivity index (χ4n) is 2.17. The van der Waals surface area contributed by atoms with Crippen LogP contribution < -0.4 is 10.1 Å². The molecule has 2 aromatic rings. The van der Waals surface area contributed by atoms with Gasteiger partial charge in [-0.2, -0.15) is 0 Å². The second-order valence-corrected chi connectivity index (χ2v) is 7.04. The van der Waals surface area contributed by atoms with Crippen LogP contribution in [0.4, 0.5) is 0 Å². The minimum Gasteiger partial charge on any atom is -0.482 e. The molecule has 5 nitrogen and oxygen atoms in total. The van der Waals surface area contributed by atoms with Crippen molar-refractivity contribution in [3.8, 4) is 5.75 Å². The number of ether oxygens (including phenoxy) is 2. The van der Waals surface area contributed by atoms with E-state index in [1.807, 2.05) is 43.3 Å². The standard InChI is InChI=1S/C20H22INO4/c1-15-2-4-16(5-3-15)6-11-19(23)22-12-13-25-20(24)14-26-18-9-7-17(21)8-10-18/h2-5,7-10H,6,11-14H2,1H3,(H,22,23). The van der Waals surface area contributed by atoms with Crippen molar-refractivity contribution in [1.82, 2.24) is 5.32 Å². The highest BCUT2D eigenvalue weighted by molar-refractivity contribution is 14.1. The molecule has 1 N–H and O–H groups in total. The lowest BCUT2D eigenvalue weighted by molar-refractivity contribution is -0.146. The average molecular weight is 467 g/mol. The number of hydrogen-bond acceptors (Lipinski definition) is 4. The quantitative estimate of drug-likeness (QED) is 0.350. The van der Waals surface area contributed by atoms with E-state index in [4.69, 9.17) is 9.47 Å². The van der Waals surface area contributed by atoms with E-state index in [2.05, 4.69) is 27.9 Å². The van der Waals surface area contributed by atoms with Gasteiger partial charge >= 0.3 is 5.97 Å². The van der Waals surface area contributed by atoms with Gasteiger partial charge in [0.1, 0.15) is 12.4 Å². The van der Waals surface area contributed by atoms with Gasteiger partial charge in [0.2, 0.25) is 5.91 Å². The summed E-state index contributed by atoms with van der Waals surface area (Å²) < 4.78 is 11.5. The summed E-state index contributed by atoms with van der Waals surface area (Å²) in [6.45, 7) is 2.30. The van der Waals surface area contributed by atoms with E-state index < -0.39 is 5.97 Å². The Kier molecular flexibility index (Phi) is 8.40. The third kappa shape index (κ3) is 7.86. The molecular formula is C20H22INO4. The molecule has 0 fully saturated rings. The van der Waals surface area contributed by atoms with E-state index in [0.717, 1.165) is 9.13 Å². The van der Waals surface area contributed by atoms with Crippen LogP contribution in [0.3, 0.4) is 0 Å². The van der Waals surface area contributed by atoms with Gasteiger partial charge in [-0.05, 0) is 65.8 Å². The van der Waals surface area contributed by atoms with Crippen molar-refractivity contribution in [2.24, 2.45) is 0 Å². The number of esters is 1. The van der Waals surface area contributed by atoms with Crippen LogP contribution in [0, 0.1) is 10.5 Å². The molecule has 0 bridgehead atoms. The van der Waals surface area contributed by atoms with E-state index >= 15 is 0 Å². The van der Waals surface area contributed by atoms with Crippen molar-refractivity contribution in [2.45, 2.75) is 19.8 Å². The molecule has 2 rings (SSSR count). The molecule has 0 heterocycles. The number of carbonyl (C=O) groups excluding carboxylic acids is 2. The lowest BCUT2D eigenvalue weighted by Crippen LogP contribution is -2.29. The maximum absolute atomic E-state index is 11.8. The molecule has 1 amide bonds. The molecule has 0 radical (unpaired) electrons. The zero-order chi connectivity index (χ0) is 18.8. The number of nitrogens with one attached hydrogen (secondary N) is 1. The first-order valence-corrected chi connectivity index (χ1v) is 9.47. The van der Waals surface area contributed by atoms with Gasteiger partial charge in [0.15, 0.2) is 6.61 Å². The third-order valence-electron chi connectivity index (χ3n) is 3.62. The van der Waals surface area contributed by atoms with Crippen molar-refractivity contribution in [1.29, 1.82) is 0 Å². The maximum Gasteiger partial charge on any atom is 0.344 e. The summed E-state index contributed by atoms with van der Waals surface area (Å²) in [5.74, 6) is 0.0981. The Morgan fingerprint density at radius 2 is 1.73 bits per heavy atom. The Balaban J connectivity index is 1.54. The fraction of sp³-hybridized carbons (Fsp3) is 0.300. The normalized spacial score (nSPS) is 10.2. The minimum absolute atomic E-state index is 0.0586. The first kappa shape index (κ1) is 20.2. The summed E-state index contributed by atoms with van der Waals surface area (Å²) in [6.07, 6.45) is 1.10. The van der Waals surface area contributed by atoms with Crippen LogP contribution in [-0.4, -0.2) is 31.6 Å². The van der Waals surface area contributed by atoms with E-state index in [1.54, 1.807) is 12.1 Å². The summed E-state index contributed by atoms with van der Waals surface area (Å²) in [4.78, 5) is 23.4. The largest absolute Gasteiger partial charge is 0.482 e. The molecule has 0 saturated heterocycles. The third-order valence-corrected chi connectivity index (χ3v) is 4.34. The van der Waals surface area contributed by atoms with Gasteiger partial charge in [-0.25, -0.2) is 4.79 Å². The van der Waals surface area contributed by atoms with Crippen molar-refractivity contribution in [3.63, 3.8) is 0 Å². The van der Waals surface area contributed by atoms with Gasteiger partial charge < -0.3 is 14.8 Å². The minimum atomic E-state index is -0.461. The molecule has 0 spiro atoms. The first-order valence-electron chi connectivity index (χ1n) is 8.39. The van der Waals surface area contributed by atoms with Gasteiger partial charge in [-0.1, -0.05) is 29.8 Å². The number of amides is 1. The summed E-state index contributed by atoms with van der Waals surface area (Å²) in [5, 5.41) is 2.74. The van der Waals surface area contributed by atoms with Crippen LogP contribution >= 0.6 is 22.6 Å².